The highest BCUT2D eigenvalue weighted by Crippen LogP contribution is 2.51. The Morgan fingerprint density at radius 2 is 1.93 bits per heavy atom. The molecule has 2 heterocycles. The molecule has 0 aliphatic heterocycles. The number of rotatable bonds is 4. The Balaban J connectivity index is 0.000000364. The van der Waals surface area contributed by atoms with Gasteiger partial charge in [0, 0.05) is 17.4 Å². The van der Waals surface area contributed by atoms with Crippen molar-refractivity contribution in [3.05, 3.63) is 72.0 Å². The monoisotopic (exact) mass is 386 g/mol. The molecule has 0 saturated heterocycles. The molecule has 0 amide bonds. The SMILES string of the molecule is CC1(C)CCC(Cc2ccc(Cl)cc2)C1(O)Cn1cncn1.c1cc[nH]c1. The zero-order chi connectivity index (χ0) is 19.3. The van der Waals surface area contributed by atoms with E-state index in [0.717, 1.165) is 24.3 Å². The van der Waals surface area contributed by atoms with Crippen molar-refractivity contribution in [3.8, 4) is 0 Å². The largest absolute Gasteiger partial charge is 0.387 e. The molecule has 2 aromatic heterocycles. The fourth-order valence-corrected chi connectivity index (χ4v) is 4.03. The average molecular weight is 387 g/mol. The summed E-state index contributed by atoms with van der Waals surface area (Å²) < 4.78 is 1.74. The molecule has 1 saturated carbocycles. The van der Waals surface area contributed by atoms with Gasteiger partial charge in [0.25, 0.3) is 0 Å². The Hall–Kier alpha value is -2.11. The van der Waals surface area contributed by atoms with E-state index in [2.05, 4.69) is 28.9 Å². The van der Waals surface area contributed by atoms with Crippen LogP contribution in [0.3, 0.4) is 0 Å². The molecule has 0 bridgehead atoms. The van der Waals surface area contributed by atoms with Gasteiger partial charge in [-0.3, -0.25) is 4.68 Å². The Labute approximate surface area is 165 Å². The van der Waals surface area contributed by atoms with Gasteiger partial charge in [0.15, 0.2) is 0 Å². The number of nitrogens with zero attached hydrogens (tertiary/aromatic N) is 3. The summed E-state index contributed by atoms with van der Waals surface area (Å²) in [4.78, 5) is 6.85. The molecule has 27 heavy (non-hydrogen) atoms. The lowest BCUT2D eigenvalue weighted by molar-refractivity contribution is -0.0907. The van der Waals surface area contributed by atoms with Crippen LogP contribution in [0.1, 0.15) is 32.3 Å². The second-order valence-corrected chi connectivity index (χ2v) is 8.29. The van der Waals surface area contributed by atoms with E-state index in [-0.39, 0.29) is 11.3 Å². The number of aromatic amines is 1. The van der Waals surface area contributed by atoms with Crippen LogP contribution in [0.4, 0.5) is 0 Å². The van der Waals surface area contributed by atoms with Crippen molar-refractivity contribution in [2.24, 2.45) is 11.3 Å². The minimum atomic E-state index is -0.791. The molecular formula is C21H27ClN4O. The summed E-state index contributed by atoms with van der Waals surface area (Å²) in [5, 5.41) is 16.4. The quantitative estimate of drug-likeness (QED) is 0.700. The van der Waals surface area contributed by atoms with Crippen molar-refractivity contribution in [3.63, 3.8) is 0 Å². The van der Waals surface area contributed by atoms with Crippen LogP contribution in [-0.4, -0.2) is 30.5 Å². The van der Waals surface area contributed by atoms with Crippen LogP contribution in [-0.2, 0) is 13.0 Å². The first kappa shape index (κ1) is 19.6. The number of aliphatic hydroxyl groups is 1. The minimum absolute atomic E-state index is 0.143. The molecule has 1 fully saturated rings. The predicted octanol–water partition coefficient (Wildman–Crippen LogP) is 4.36. The maximum atomic E-state index is 11.5. The first-order valence-corrected chi connectivity index (χ1v) is 9.65. The van der Waals surface area contributed by atoms with Gasteiger partial charge in [-0.1, -0.05) is 37.6 Å². The number of aromatic nitrogens is 4. The van der Waals surface area contributed by atoms with Crippen LogP contribution in [0.15, 0.2) is 61.4 Å². The Morgan fingerprint density at radius 3 is 2.48 bits per heavy atom. The number of benzene rings is 1. The van der Waals surface area contributed by atoms with E-state index in [0.29, 0.717) is 6.54 Å². The number of hydrogen-bond donors (Lipinski definition) is 2. The van der Waals surface area contributed by atoms with Gasteiger partial charge < -0.3 is 10.1 Å². The van der Waals surface area contributed by atoms with Crippen LogP contribution in [0, 0.1) is 11.3 Å². The molecule has 1 aliphatic carbocycles. The van der Waals surface area contributed by atoms with E-state index in [9.17, 15) is 5.11 Å². The number of nitrogens with one attached hydrogen (secondary N) is 1. The molecule has 1 aromatic carbocycles. The summed E-state index contributed by atoms with van der Waals surface area (Å²) in [5.41, 5.74) is 0.278. The number of hydrogen-bond acceptors (Lipinski definition) is 3. The van der Waals surface area contributed by atoms with E-state index in [4.69, 9.17) is 11.6 Å². The van der Waals surface area contributed by atoms with E-state index >= 15 is 0 Å². The lowest BCUT2D eigenvalue weighted by atomic mass is 9.72. The lowest BCUT2D eigenvalue weighted by Crippen LogP contribution is -2.49. The Kier molecular flexibility index (Phi) is 6.02. The Morgan fingerprint density at radius 1 is 1.22 bits per heavy atom. The second kappa shape index (κ2) is 8.28. The molecule has 2 atom stereocenters. The predicted molar refractivity (Wildman–Crippen MR) is 107 cm³/mol. The molecule has 0 radical (unpaired) electrons. The van der Waals surface area contributed by atoms with Crippen LogP contribution in [0.5, 0.6) is 0 Å². The van der Waals surface area contributed by atoms with Crippen LogP contribution >= 0.6 is 11.6 Å². The van der Waals surface area contributed by atoms with E-state index < -0.39 is 5.60 Å². The smallest absolute Gasteiger partial charge is 0.137 e. The summed E-state index contributed by atoms with van der Waals surface area (Å²) >= 11 is 5.96. The fourth-order valence-electron chi connectivity index (χ4n) is 3.90. The highest BCUT2D eigenvalue weighted by molar-refractivity contribution is 6.30. The fraction of sp³-hybridized carbons (Fsp3) is 0.429. The molecule has 5 nitrogen and oxygen atoms in total. The zero-order valence-electron chi connectivity index (χ0n) is 15.8. The summed E-state index contributed by atoms with van der Waals surface area (Å²) in [6.07, 6.45) is 9.81. The lowest BCUT2D eigenvalue weighted by Gasteiger charge is -2.40. The minimum Gasteiger partial charge on any atom is -0.387 e. The van der Waals surface area contributed by atoms with E-state index in [1.54, 1.807) is 11.0 Å². The van der Waals surface area contributed by atoms with E-state index in [1.165, 1.54) is 11.9 Å². The summed E-state index contributed by atoms with van der Waals surface area (Å²) in [6, 6.07) is 11.8. The Bertz CT molecular complexity index is 782. The maximum absolute atomic E-state index is 11.5. The highest BCUT2D eigenvalue weighted by Gasteiger charge is 2.54. The van der Waals surface area contributed by atoms with Gasteiger partial charge in [0.2, 0.25) is 0 Å². The van der Waals surface area contributed by atoms with E-state index in [1.807, 2.05) is 48.8 Å². The molecule has 2 N–H and O–H groups in total. The number of halogens is 1. The average Bonchev–Trinajstić information content (AvgIpc) is 3.39. The topological polar surface area (TPSA) is 66.7 Å². The summed E-state index contributed by atoms with van der Waals surface area (Å²) in [5.74, 6) is 0.202. The van der Waals surface area contributed by atoms with Gasteiger partial charge in [0.1, 0.15) is 12.7 Å². The van der Waals surface area contributed by atoms with Crippen molar-refractivity contribution in [2.45, 2.75) is 45.3 Å². The van der Waals surface area contributed by atoms with Gasteiger partial charge in [-0.25, -0.2) is 4.98 Å². The van der Waals surface area contributed by atoms with Crippen molar-refractivity contribution in [1.82, 2.24) is 19.7 Å². The van der Waals surface area contributed by atoms with Gasteiger partial charge in [-0.2, -0.15) is 5.10 Å². The first-order valence-electron chi connectivity index (χ1n) is 9.28. The van der Waals surface area contributed by atoms with Crippen LogP contribution in [0.2, 0.25) is 5.02 Å². The van der Waals surface area contributed by atoms with Crippen LogP contribution in [0.25, 0.3) is 0 Å². The normalized spacial score (nSPS) is 23.6. The third-order valence-corrected chi connectivity index (χ3v) is 5.98. The van der Waals surface area contributed by atoms with Crippen LogP contribution < -0.4 is 0 Å². The van der Waals surface area contributed by atoms with Crippen molar-refractivity contribution in [2.75, 3.05) is 0 Å². The summed E-state index contributed by atoms with van der Waals surface area (Å²) in [6.45, 7) is 4.77. The summed E-state index contributed by atoms with van der Waals surface area (Å²) in [7, 11) is 0. The highest BCUT2D eigenvalue weighted by atomic mass is 35.5. The van der Waals surface area contributed by atoms with Crippen molar-refractivity contribution < 1.29 is 5.11 Å². The zero-order valence-corrected chi connectivity index (χ0v) is 16.6. The molecule has 0 spiro atoms. The molecule has 144 valence electrons. The van der Waals surface area contributed by atoms with Crippen molar-refractivity contribution >= 4 is 11.6 Å². The molecule has 1 aliphatic rings. The van der Waals surface area contributed by atoms with Gasteiger partial charge in [-0.05, 0) is 60.4 Å². The second-order valence-electron chi connectivity index (χ2n) is 7.85. The molecule has 4 rings (SSSR count). The van der Waals surface area contributed by atoms with Crippen molar-refractivity contribution in [1.29, 1.82) is 0 Å². The number of H-pyrrole nitrogens is 1. The maximum Gasteiger partial charge on any atom is 0.137 e. The van der Waals surface area contributed by atoms with Gasteiger partial charge >= 0.3 is 0 Å². The molecule has 2 unspecified atom stereocenters. The molecule has 6 heteroatoms. The van der Waals surface area contributed by atoms with Gasteiger partial charge in [0.05, 0.1) is 12.1 Å². The van der Waals surface area contributed by atoms with Gasteiger partial charge in [-0.15, -0.1) is 0 Å². The molecule has 3 aromatic rings. The molecular weight excluding hydrogens is 360 g/mol. The standard InChI is InChI=1S/C17H22ClN3O.C4H5N/c1-16(2)8-7-14(9-13-3-5-15(18)6-4-13)17(16,22)10-21-12-19-11-20-21;1-2-4-5-3-1/h3-6,11-12,14,22H,7-10H2,1-2H3;1-5H. The first-order chi connectivity index (χ1) is 12.9. The third kappa shape index (κ3) is 4.60. The third-order valence-electron chi connectivity index (χ3n) is 5.73.